The Morgan fingerprint density at radius 3 is 2.87 bits per heavy atom. The molecule has 23 heavy (non-hydrogen) atoms. The molecule has 0 saturated carbocycles. The maximum atomic E-state index is 12.1. The number of fused-ring (bicyclic) bond motifs is 1. The maximum Gasteiger partial charge on any atom is 0.268 e. The molecule has 2 heterocycles. The molecule has 124 valence electrons. The maximum absolute atomic E-state index is 12.1. The van der Waals surface area contributed by atoms with Gasteiger partial charge in [-0.1, -0.05) is 6.92 Å². The predicted octanol–water partition coefficient (Wildman–Crippen LogP) is 0.845. The highest BCUT2D eigenvalue weighted by atomic mass is 16.2. The van der Waals surface area contributed by atoms with Gasteiger partial charge in [-0.2, -0.15) is 0 Å². The summed E-state index contributed by atoms with van der Waals surface area (Å²) in [6.45, 7) is 4.35. The number of carbonyl (C=O) groups excluding carboxylic acids is 2. The molecule has 2 aromatic rings. The number of pyridine rings is 1. The highest BCUT2D eigenvalue weighted by Gasteiger charge is 2.11. The quantitative estimate of drug-likeness (QED) is 0.606. The molecule has 0 saturated heterocycles. The molecule has 2 aromatic heterocycles. The van der Waals surface area contributed by atoms with Gasteiger partial charge in [-0.05, 0) is 31.9 Å². The lowest BCUT2D eigenvalue weighted by Crippen LogP contribution is -2.38. The largest absolute Gasteiger partial charge is 0.355 e. The Balaban J connectivity index is 1.82. The molecule has 5 N–H and O–H groups in total. The number of nitrogens with one attached hydrogen (secondary N) is 3. The van der Waals surface area contributed by atoms with E-state index in [9.17, 15) is 9.59 Å². The molecule has 2 rings (SSSR count). The van der Waals surface area contributed by atoms with Crippen molar-refractivity contribution < 1.29 is 9.59 Å². The van der Waals surface area contributed by atoms with Crippen LogP contribution in [0.2, 0.25) is 0 Å². The summed E-state index contributed by atoms with van der Waals surface area (Å²) in [6, 6.07) is 3.73. The van der Waals surface area contributed by atoms with Crippen LogP contribution >= 0.6 is 0 Å². The van der Waals surface area contributed by atoms with E-state index in [0.29, 0.717) is 12.2 Å². The summed E-state index contributed by atoms with van der Waals surface area (Å²) in [6.07, 6.45) is 3.29. The molecule has 1 unspecified atom stereocenters. The fourth-order valence-electron chi connectivity index (χ4n) is 2.18. The Labute approximate surface area is 135 Å². The molecule has 0 spiro atoms. The zero-order valence-corrected chi connectivity index (χ0v) is 13.5. The average Bonchev–Trinajstić information content (AvgIpc) is 2.95. The van der Waals surface area contributed by atoms with Gasteiger partial charge in [0.05, 0.1) is 18.3 Å². The van der Waals surface area contributed by atoms with E-state index in [1.165, 1.54) is 0 Å². The van der Waals surface area contributed by atoms with E-state index in [1.807, 2.05) is 19.9 Å². The Kier molecular flexibility index (Phi) is 5.70. The molecule has 1 atom stereocenters. The molecule has 0 aliphatic carbocycles. The van der Waals surface area contributed by atoms with E-state index in [2.05, 4.69) is 20.6 Å². The fraction of sp³-hybridized carbons (Fsp3) is 0.438. The van der Waals surface area contributed by atoms with Crippen LogP contribution < -0.4 is 16.4 Å². The molecule has 7 nitrogen and oxygen atoms in total. The first-order valence-electron chi connectivity index (χ1n) is 7.75. The first kappa shape index (κ1) is 17.0. The van der Waals surface area contributed by atoms with Crippen molar-refractivity contribution in [2.75, 3.05) is 13.1 Å². The zero-order chi connectivity index (χ0) is 16.8. The number of rotatable bonds is 7. The van der Waals surface area contributed by atoms with Crippen LogP contribution in [-0.2, 0) is 4.79 Å². The van der Waals surface area contributed by atoms with Crippen molar-refractivity contribution in [3.63, 3.8) is 0 Å². The van der Waals surface area contributed by atoms with Gasteiger partial charge in [-0.15, -0.1) is 0 Å². The normalized spacial score (nSPS) is 12.1. The SMILES string of the molecule is CCC(N)CCNC(=O)CNC(=O)c1cc2cc(C)ncc2[nH]1. The highest BCUT2D eigenvalue weighted by Crippen LogP contribution is 2.14. The van der Waals surface area contributed by atoms with Gasteiger partial charge >= 0.3 is 0 Å². The van der Waals surface area contributed by atoms with Gasteiger partial charge in [0.25, 0.3) is 5.91 Å². The van der Waals surface area contributed by atoms with E-state index in [0.717, 1.165) is 29.4 Å². The standard InChI is InChI=1S/C16H23N5O2/c1-3-12(17)4-5-18-15(22)9-20-16(23)13-7-11-6-10(2)19-8-14(11)21-13/h6-8,12,21H,3-5,9,17H2,1-2H3,(H,18,22)(H,20,23). The van der Waals surface area contributed by atoms with E-state index in [1.54, 1.807) is 12.3 Å². The van der Waals surface area contributed by atoms with Crippen molar-refractivity contribution in [3.05, 3.63) is 29.7 Å². The number of hydrogen-bond donors (Lipinski definition) is 4. The van der Waals surface area contributed by atoms with Gasteiger partial charge in [0.2, 0.25) is 5.91 Å². The first-order valence-corrected chi connectivity index (χ1v) is 7.75. The Morgan fingerprint density at radius 2 is 2.13 bits per heavy atom. The van der Waals surface area contributed by atoms with Crippen LogP contribution in [0.5, 0.6) is 0 Å². The van der Waals surface area contributed by atoms with Gasteiger partial charge in [-0.3, -0.25) is 14.6 Å². The fourth-order valence-corrected chi connectivity index (χ4v) is 2.18. The lowest BCUT2D eigenvalue weighted by atomic mass is 10.2. The predicted molar refractivity (Wildman–Crippen MR) is 89.1 cm³/mol. The number of nitrogens with two attached hydrogens (primary N) is 1. The van der Waals surface area contributed by atoms with Crippen molar-refractivity contribution in [3.8, 4) is 0 Å². The third kappa shape index (κ3) is 4.79. The summed E-state index contributed by atoms with van der Waals surface area (Å²) in [4.78, 5) is 30.9. The third-order valence-corrected chi connectivity index (χ3v) is 3.66. The number of aromatic nitrogens is 2. The molecule has 0 aliphatic rings. The summed E-state index contributed by atoms with van der Waals surface area (Å²) < 4.78 is 0. The molecule has 2 amide bonds. The minimum Gasteiger partial charge on any atom is -0.355 e. The number of aryl methyl sites for hydroxylation is 1. The second kappa shape index (κ2) is 7.73. The van der Waals surface area contributed by atoms with Crippen LogP contribution in [0, 0.1) is 6.92 Å². The Bertz CT molecular complexity index is 695. The third-order valence-electron chi connectivity index (χ3n) is 3.66. The first-order chi connectivity index (χ1) is 11.0. The monoisotopic (exact) mass is 317 g/mol. The number of aromatic amines is 1. The number of H-pyrrole nitrogens is 1. The Hall–Kier alpha value is -2.41. The second-order valence-corrected chi connectivity index (χ2v) is 5.59. The summed E-state index contributed by atoms with van der Waals surface area (Å²) in [5.41, 5.74) is 7.86. The van der Waals surface area contributed by atoms with Crippen LogP contribution in [0.25, 0.3) is 10.9 Å². The van der Waals surface area contributed by atoms with E-state index in [-0.39, 0.29) is 24.4 Å². The Morgan fingerprint density at radius 1 is 1.35 bits per heavy atom. The lowest BCUT2D eigenvalue weighted by molar-refractivity contribution is -0.120. The molecule has 0 bridgehead atoms. The van der Waals surface area contributed by atoms with Gasteiger partial charge in [0.15, 0.2) is 0 Å². The van der Waals surface area contributed by atoms with Crippen LogP contribution in [0.1, 0.15) is 35.9 Å². The van der Waals surface area contributed by atoms with Crippen LogP contribution in [-0.4, -0.2) is 40.9 Å². The van der Waals surface area contributed by atoms with E-state index >= 15 is 0 Å². The van der Waals surface area contributed by atoms with Crippen molar-refractivity contribution in [1.82, 2.24) is 20.6 Å². The molecular weight excluding hydrogens is 294 g/mol. The summed E-state index contributed by atoms with van der Waals surface area (Å²) in [5.74, 6) is -0.547. The molecule has 0 aliphatic heterocycles. The van der Waals surface area contributed by atoms with Gasteiger partial charge < -0.3 is 21.4 Å². The van der Waals surface area contributed by atoms with Crippen molar-refractivity contribution in [2.45, 2.75) is 32.7 Å². The minimum absolute atomic E-state index is 0.0627. The van der Waals surface area contributed by atoms with Crippen molar-refractivity contribution in [2.24, 2.45) is 5.73 Å². The number of carbonyl (C=O) groups is 2. The average molecular weight is 317 g/mol. The van der Waals surface area contributed by atoms with Crippen molar-refractivity contribution in [1.29, 1.82) is 0 Å². The topological polar surface area (TPSA) is 113 Å². The van der Waals surface area contributed by atoms with Crippen LogP contribution in [0.3, 0.4) is 0 Å². The number of amides is 2. The molecule has 0 radical (unpaired) electrons. The van der Waals surface area contributed by atoms with Gasteiger partial charge in [-0.25, -0.2) is 0 Å². The number of nitrogens with zero attached hydrogens (tertiary/aromatic N) is 1. The summed E-state index contributed by atoms with van der Waals surface area (Å²) in [5, 5.41) is 6.24. The van der Waals surface area contributed by atoms with Crippen LogP contribution in [0.15, 0.2) is 18.3 Å². The van der Waals surface area contributed by atoms with Crippen LogP contribution in [0.4, 0.5) is 0 Å². The molecule has 7 heteroatoms. The van der Waals surface area contributed by atoms with Crippen molar-refractivity contribution >= 4 is 22.7 Å². The summed E-state index contributed by atoms with van der Waals surface area (Å²) in [7, 11) is 0. The van der Waals surface area contributed by atoms with E-state index < -0.39 is 0 Å². The smallest absolute Gasteiger partial charge is 0.268 e. The van der Waals surface area contributed by atoms with Gasteiger partial charge in [0.1, 0.15) is 5.69 Å². The van der Waals surface area contributed by atoms with E-state index in [4.69, 9.17) is 5.73 Å². The second-order valence-electron chi connectivity index (χ2n) is 5.59. The number of hydrogen-bond acceptors (Lipinski definition) is 4. The zero-order valence-electron chi connectivity index (χ0n) is 13.5. The molecule has 0 aromatic carbocycles. The molecular formula is C16H23N5O2. The summed E-state index contributed by atoms with van der Waals surface area (Å²) >= 11 is 0. The molecule has 0 fully saturated rings. The van der Waals surface area contributed by atoms with Gasteiger partial charge in [0, 0.05) is 23.7 Å². The lowest BCUT2D eigenvalue weighted by Gasteiger charge is -2.09. The minimum atomic E-state index is -0.320. The highest BCUT2D eigenvalue weighted by molar-refractivity contribution is 5.99.